The molecule has 90 valence electrons. The van der Waals surface area contributed by atoms with Gasteiger partial charge in [-0.2, -0.15) is 15.0 Å². The van der Waals surface area contributed by atoms with Gasteiger partial charge in [-0.05, 0) is 18.5 Å². The molecule has 0 aromatic carbocycles. The first-order valence-corrected chi connectivity index (χ1v) is 5.27. The van der Waals surface area contributed by atoms with Gasteiger partial charge in [0.15, 0.2) is 0 Å². The van der Waals surface area contributed by atoms with E-state index in [4.69, 9.17) is 16.3 Å². The lowest BCUT2D eigenvalue weighted by Gasteiger charge is -2.24. The fourth-order valence-electron chi connectivity index (χ4n) is 1.16. The maximum atomic E-state index is 5.79. The Kier molecular flexibility index (Phi) is 4.70. The number of anilines is 2. The first-order chi connectivity index (χ1) is 7.58. The number of likely N-dealkylation sites (N-methyl/N-ethyl adjacent to an activating group) is 1. The number of rotatable bonds is 5. The Morgan fingerprint density at radius 3 is 2.69 bits per heavy atom. The summed E-state index contributed by atoms with van der Waals surface area (Å²) in [6.45, 7) is 2.61. The van der Waals surface area contributed by atoms with Crippen LogP contribution >= 0.6 is 11.6 Å². The number of nitrogens with one attached hydrogen (secondary N) is 1. The maximum Gasteiger partial charge on any atom is 0.231 e. The van der Waals surface area contributed by atoms with E-state index in [1.165, 1.54) is 0 Å². The Morgan fingerprint density at radius 1 is 1.44 bits per heavy atom. The molecule has 16 heavy (non-hydrogen) atoms. The van der Waals surface area contributed by atoms with Crippen molar-refractivity contribution in [2.24, 2.45) is 0 Å². The van der Waals surface area contributed by atoms with Crippen LogP contribution < -0.4 is 10.2 Å². The monoisotopic (exact) mass is 245 g/mol. The number of methoxy groups -OCH3 is 1. The number of hydrogen-bond acceptors (Lipinski definition) is 6. The van der Waals surface area contributed by atoms with Crippen molar-refractivity contribution in [3.05, 3.63) is 5.28 Å². The van der Waals surface area contributed by atoms with Crippen LogP contribution in [0.1, 0.15) is 6.92 Å². The van der Waals surface area contributed by atoms with E-state index in [2.05, 4.69) is 20.3 Å². The van der Waals surface area contributed by atoms with E-state index in [0.29, 0.717) is 18.5 Å². The van der Waals surface area contributed by atoms with E-state index in [-0.39, 0.29) is 11.3 Å². The van der Waals surface area contributed by atoms with E-state index in [1.54, 1.807) is 14.2 Å². The SMILES string of the molecule is CNc1nc(Cl)nc(N(C)C(C)COC)n1. The summed E-state index contributed by atoms with van der Waals surface area (Å²) in [5.74, 6) is 0.973. The summed E-state index contributed by atoms with van der Waals surface area (Å²) in [5, 5.41) is 3.00. The van der Waals surface area contributed by atoms with Crippen LogP contribution in [0.5, 0.6) is 0 Å². The Morgan fingerprint density at radius 2 is 2.12 bits per heavy atom. The average molecular weight is 246 g/mol. The zero-order valence-corrected chi connectivity index (χ0v) is 10.6. The average Bonchev–Trinajstić information content (AvgIpc) is 2.27. The molecule has 0 saturated heterocycles. The van der Waals surface area contributed by atoms with Crippen molar-refractivity contribution in [3.63, 3.8) is 0 Å². The summed E-state index contributed by atoms with van der Waals surface area (Å²) in [7, 11) is 5.27. The van der Waals surface area contributed by atoms with Crippen LogP contribution in [0.2, 0.25) is 5.28 Å². The predicted octanol–water partition coefficient (Wildman–Crippen LogP) is 1.04. The molecule has 0 radical (unpaired) electrons. The fraction of sp³-hybridized carbons (Fsp3) is 0.667. The van der Waals surface area contributed by atoms with Crippen LogP contribution in [-0.2, 0) is 4.74 Å². The third-order valence-electron chi connectivity index (χ3n) is 2.20. The van der Waals surface area contributed by atoms with E-state index in [9.17, 15) is 0 Å². The van der Waals surface area contributed by atoms with Crippen LogP contribution in [-0.4, -0.2) is 48.8 Å². The Balaban J connectivity index is 2.89. The second-order valence-electron chi connectivity index (χ2n) is 3.39. The van der Waals surface area contributed by atoms with Crippen molar-refractivity contribution in [2.45, 2.75) is 13.0 Å². The molecule has 1 rings (SSSR count). The lowest BCUT2D eigenvalue weighted by atomic mass is 10.3. The lowest BCUT2D eigenvalue weighted by Crippen LogP contribution is -2.34. The number of halogens is 1. The first kappa shape index (κ1) is 12.9. The van der Waals surface area contributed by atoms with Crippen LogP contribution in [0, 0.1) is 0 Å². The number of nitrogens with zero attached hydrogens (tertiary/aromatic N) is 4. The van der Waals surface area contributed by atoms with Crippen LogP contribution in [0.15, 0.2) is 0 Å². The molecule has 0 spiro atoms. The molecule has 0 aliphatic heterocycles. The van der Waals surface area contributed by atoms with Crippen LogP contribution in [0.25, 0.3) is 0 Å². The van der Waals surface area contributed by atoms with E-state index in [1.807, 2.05) is 18.9 Å². The molecule has 0 aliphatic rings. The Bertz CT molecular complexity index is 349. The van der Waals surface area contributed by atoms with Crippen LogP contribution in [0.4, 0.5) is 11.9 Å². The first-order valence-electron chi connectivity index (χ1n) is 4.89. The van der Waals surface area contributed by atoms with Gasteiger partial charge in [-0.1, -0.05) is 0 Å². The van der Waals surface area contributed by atoms with Crippen molar-refractivity contribution in [2.75, 3.05) is 38.0 Å². The summed E-state index contributed by atoms with van der Waals surface area (Å²) in [6.07, 6.45) is 0. The topological polar surface area (TPSA) is 63.2 Å². The molecule has 0 aliphatic carbocycles. The normalized spacial score (nSPS) is 12.3. The number of aromatic nitrogens is 3. The summed E-state index contributed by atoms with van der Waals surface area (Å²) >= 11 is 5.79. The van der Waals surface area contributed by atoms with Gasteiger partial charge in [0.1, 0.15) is 0 Å². The minimum atomic E-state index is 0.160. The zero-order valence-electron chi connectivity index (χ0n) is 9.86. The van der Waals surface area contributed by atoms with E-state index >= 15 is 0 Å². The molecule has 1 heterocycles. The zero-order chi connectivity index (χ0) is 12.1. The van der Waals surface area contributed by atoms with Crippen LogP contribution in [0.3, 0.4) is 0 Å². The molecular weight excluding hydrogens is 230 g/mol. The molecule has 1 unspecified atom stereocenters. The molecule has 0 saturated carbocycles. The molecule has 7 heteroatoms. The molecule has 0 fully saturated rings. The van der Waals surface area contributed by atoms with Gasteiger partial charge in [-0.15, -0.1) is 0 Å². The van der Waals surface area contributed by atoms with Gasteiger partial charge in [0, 0.05) is 21.2 Å². The van der Waals surface area contributed by atoms with Gasteiger partial charge in [0.05, 0.1) is 12.6 Å². The Labute approximate surface area is 100 Å². The third kappa shape index (κ3) is 3.18. The van der Waals surface area contributed by atoms with Crippen molar-refractivity contribution in [1.29, 1.82) is 0 Å². The fourth-order valence-corrected chi connectivity index (χ4v) is 1.31. The largest absolute Gasteiger partial charge is 0.383 e. The molecule has 1 N–H and O–H groups in total. The summed E-state index contributed by atoms with van der Waals surface area (Å²) < 4.78 is 5.07. The molecule has 6 nitrogen and oxygen atoms in total. The summed E-state index contributed by atoms with van der Waals surface area (Å²) in [4.78, 5) is 14.1. The molecule has 1 atom stereocenters. The van der Waals surface area contributed by atoms with Gasteiger partial charge in [0.2, 0.25) is 17.2 Å². The Hall–Kier alpha value is -1.14. The van der Waals surface area contributed by atoms with Gasteiger partial charge < -0.3 is 15.0 Å². The van der Waals surface area contributed by atoms with Crippen molar-refractivity contribution < 1.29 is 4.74 Å². The third-order valence-corrected chi connectivity index (χ3v) is 2.37. The quantitative estimate of drug-likeness (QED) is 0.836. The standard InChI is InChI=1S/C9H16ClN5O/c1-6(5-16-4)15(3)9-13-7(10)12-8(11-2)14-9/h6H,5H2,1-4H3,(H,11,12,13,14). The lowest BCUT2D eigenvalue weighted by molar-refractivity contribution is 0.183. The minimum absolute atomic E-state index is 0.160. The number of hydrogen-bond donors (Lipinski definition) is 1. The second-order valence-corrected chi connectivity index (χ2v) is 3.73. The molecule has 1 aromatic rings. The highest BCUT2D eigenvalue weighted by Gasteiger charge is 2.14. The highest BCUT2D eigenvalue weighted by molar-refractivity contribution is 6.28. The predicted molar refractivity (Wildman–Crippen MR) is 64.1 cm³/mol. The summed E-state index contributed by atoms with van der Waals surface area (Å²) in [6, 6.07) is 0.160. The molecule has 0 bridgehead atoms. The van der Waals surface area contributed by atoms with Gasteiger partial charge in [-0.25, -0.2) is 0 Å². The second kappa shape index (κ2) is 5.81. The van der Waals surface area contributed by atoms with Gasteiger partial charge >= 0.3 is 0 Å². The highest BCUT2D eigenvalue weighted by atomic mass is 35.5. The summed E-state index contributed by atoms with van der Waals surface area (Å²) in [5.41, 5.74) is 0. The van der Waals surface area contributed by atoms with Gasteiger partial charge in [0.25, 0.3) is 0 Å². The number of ether oxygens (including phenoxy) is 1. The maximum absolute atomic E-state index is 5.79. The van der Waals surface area contributed by atoms with Crippen molar-refractivity contribution in [3.8, 4) is 0 Å². The molecule has 0 amide bonds. The van der Waals surface area contributed by atoms with Gasteiger partial charge in [-0.3, -0.25) is 0 Å². The minimum Gasteiger partial charge on any atom is -0.383 e. The molecule has 1 aromatic heterocycles. The molecular formula is C9H16ClN5O. The van der Waals surface area contributed by atoms with Crippen molar-refractivity contribution >= 4 is 23.5 Å². The van der Waals surface area contributed by atoms with Crippen molar-refractivity contribution in [1.82, 2.24) is 15.0 Å². The van der Waals surface area contributed by atoms with E-state index in [0.717, 1.165) is 0 Å². The highest BCUT2D eigenvalue weighted by Crippen LogP contribution is 2.14. The van der Waals surface area contributed by atoms with E-state index < -0.39 is 0 Å². The smallest absolute Gasteiger partial charge is 0.231 e.